The van der Waals surface area contributed by atoms with Gasteiger partial charge in [-0.1, -0.05) is 0 Å². The van der Waals surface area contributed by atoms with E-state index in [1.54, 1.807) is 45.0 Å². The molecular weight excluding hydrogens is 308 g/mol. The number of aromatic nitrogens is 2. The maximum atomic E-state index is 11.4. The Morgan fingerprint density at radius 2 is 2.12 bits per heavy atom. The fraction of sp³-hybridized carbons (Fsp3) is 0.353. The molecule has 0 radical (unpaired) electrons. The van der Waals surface area contributed by atoms with Gasteiger partial charge in [0, 0.05) is 11.8 Å². The number of anilines is 1. The maximum Gasteiger partial charge on any atom is 0.346 e. The van der Waals surface area contributed by atoms with E-state index in [-0.39, 0.29) is 0 Å². The Morgan fingerprint density at radius 1 is 1.38 bits per heavy atom. The summed E-state index contributed by atoms with van der Waals surface area (Å²) in [5.74, 6) is 1.01. The summed E-state index contributed by atoms with van der Waals surface area (Å²) < 4.78 is 5.94. The van der Waals surface area contributed by atoms with E-state index in [9.17, 15) is 9.90 Å². The van der Waals surface area contributed by atoms with Gasteiger partial charge in [-0.15, -0.1) is 0 Å². The Labute approximate surface area is 138 Å². The molecule has 0 aliphatic carbocycles. The number of hydrogen-bond acceptors (Lipinski definition) is 6. The third-order valence-electron chi connectivity index (χ3n) is 4.57. The largest absolute Gasteiger partial charge is 0.484 e. The van der Waals surface area contributed by atoms with Gasteiger partial charge in [-0.05, 0) is 45.0 Å². The molecule has 0 bridgehead atoms. The van der Waals surface area contributed by atoms with Crippen LogP contribution in [0.3, 0.4) is 0 Å². The van der Waals surface area contributed by atoms with E-state index in [1.807, 2.05) is 0 Å². The smallest absolute Gasteiger partial charge is 0.346 e. The molecule has 3 rings (SSSR count). The fourth-order valence-electron chi connectivity index (χ4n) is 2.79. The first kappa shape index (κ1) is 16.0. The third-order valence-corrected chi connectivity index (χ3v) is 4.57. The van der Waals surface area contributed by atoms with Crippen LogP contribution in [0.5, 0.6) is 5.75 Å². The maximum absolute atomic E-state index is 11.4. The van der Waals surface area contributed by atoms with Gasteiger partial charge in [-0.25, -0.2) is 9.78 Å². The van der Waals surface area contributed by atoms with Crippen molar-refractivity contribution < 1.29 is 9.84 Å². The van der Waals surface area contributed by atoms with Crippen LogP contribution >= 0.6 is 0 Å². The number of fused-ring (bicyclic) bond motifs is 1. The summed E-state index contributed by atoms with van der Waals surface area (Å²) in [5, 5.41) is 23.4. The summed E-state index contributed by atoms with van der Waals surface area (Å²) in [6, 6.07) is 8.16. The number of ether oxygens (including phenoxy) is 1. The number of hydrogen-bond donors (Lipinski definition) is 3. The van der Waals surface area contributed by atoms with E-state index >= 15 is 0 Å². The fourth-order valence-corrected chi connectivity index (χ4v) is 2.79. The van der Waals surface area contributed by atoms with Gasteiger partial charge in [-0.3, -0.25) is 4.98 Å². The van der Waals surface area contributed by atoms with Crippen molar-refractivity contribution in [1.29, 1.82) is 5.26 Å². The molecule has 2 atom stereocenters. The highest BCUT2D eigenvalue weighted by molar-refractivity contribution is 5.51. The van der Waals surface area contributed by atoms with Gasteiger partial charge in [0.2, 0.25) is 0 Å². The summed E-state index contributed by atoms with van der Waals surface area (Å²) in [4.78, 5) is 17.6. The van der Waals surface area contributed by atoms with Crippen molar-refractivity contribution in [2.75, 3.05) is 5.32 Å². The number of nitriles is 1. The standard InChI is InChI=1S/C17H18N4O3/c1-16(2)17(3,23)14(20-13-6-7-19-15(22)21-13)11-8-10(9-18)4-5-12(11)24-16/h4-8,14,23H,1-3H3,(H2,19,20,21,22). The van der Waals surface area contributed by atoms with Gasteiger partial charge < -0.3 is 15.2 Å². The predicted octanol–water partition coefficient (Wildman–Crippen LogP) is 1.72. The lowest BCUT2D eigenvalue weighted by Gasteiger charge is -2.49. The van der Waals surface area contributed by atoms with Crippen LogP contribution in [0.2, 0.25) is 0 Å². The van der Waals surface area contributed by atoms with E-state index in [1.165, 1.54) is 6.20 Å². The molecule has 24 heavy (non-hydrogen) atoms. The molecule has 1 aliphatic heterocycles. The minimum absolute atomic E-state index is 0.422. The van der Waals surface area contributed by atoms with Gasteiger partial charge >= 0.3 is 5.69 Å². The van der Waals surface area contributed by atoms with Crippen LogP contribution in [0.4, 0.5) is 5.82 Å². The van der Waals surface area contributed by atoms with Crippen LogP contribution in [0.15, 0.2) is 35.3 Å². The van der Waals surface area contributed by atoms with Gasteiger partial charge in [0.05, 0.1) is 17.7 Å². The zero-order valence-corrected chi connectivity index (χ0v) is 13.6. The summed E-state index contributed by atoms with van der Waals surface area (Å²) in [5.41, 5.74) is -1.58. The number of benzene rings is 1. The molecule has 0 spiro atoms. The summed E-state index contributed by atoms with van der Waals surface area (Å²) in [6.07, 6.45) is 1.38. The molecule has 1 aromatic carbocycles. The lowest BCUT2D eigenvalue weighted by molar-refractivity contribution is -0.128. The minimum atomic E-state index is -1.31. The Balaban J connectivity index is 2.14. The number of aromatic amines is 1. The molecule has 2 heterocycles. The number of aliphatic hydroxyl groups is 1. The van der Waals surface area contributed by atoms with Crippen LogP contribution in [0, 0.1) is 11.3 Å². The second-order valence-corrected chi connectivity index (χ2v) is 6.49. The second-order valence-electron chi connectivity index (χ2n) is 6.49. The Bertz CT molecular complexity index is 880. The normalized spacial score (nSPS) is 24.4. The van der Waals surface area contributed by atoms with Crippen LogP contribution in [-0.4, -0.2) is 26.3 Å². The Morgan fingerprint density at radius 3 is 2.79 bits per heavy atom. The molecule has 2 aromatic rings. The van der Waals surface area contributed by atoms with Gasteiger partial charge in [0.15, 0.2) is 0 Å². The van der Waals surface area contributed by atoms with Crippen molar-refractivity contribution in [3.05, 3.63) is 52.1 Å². The monoisotopic (exact) mass is 326 g/mol. The summed E-state index contributed by atoms with van der Waals surface area (Å²) in [7, 11) is 0. The van der Waals surface area contributed by atoms with Crippen molar-refractivity contribution in [3.63, 3.8) is 0 Å². The van der Waals surface area contributed by atoms with Crippen molar-refractivity contribution >= 4 is 5.82 Å². The van der Waals surface area contributed by atoms with Gasteiger partial charge in [0.1, 0.15) is 22.8 Å². The van der Waals surface area contributed by atoms with E-state index in [0.29, 0.717) is 22.7 Å². The third kappa shape index (κ3) is 2.51. The Kier molecular flexibility index (Phi) is 3.57. The van der Waals surface area contributed by atoms with Crippen LogP contribution < -0.4 is 15.7 Å². The Hall–Kier alpha value is -2.85. The number of nitrogens with zero attached hydrogens (tertiary/aromatic N) is 2. The predicted molar refractivity (Wildman–Crippen MR) is 87.7 cm³/mol. The SMILES string of the molecule is CC1(C)Oc2ccc(C#N)cc2C(Nc2ccnc(=O)[nH]2)C1(C)O. The average Bonchev–Trinajstić information content (AvgIpc) is 2.51. The van der Waals surface area contributed by atoms with Gasteiger partial charge in [-0.2, -0.15) is 5.26 Å². The van der Waals surface area contributed by atoms with E-state index in [2.05, 4.69) is 21.4 Å². The van der Waals surface area contributed by atoms with Crippen molar-refractivity contribution in [2.24, 2.45) is 0 Å². The first-order chi connectivity index (χ1) is 11.2. The van der Waals surface area contributed by atoms with E-state index < -0.39 is 22.9 Å². The average molecular weight is 326 g/mol. The highest BCUT2D eigenvalue weighted by Gasteiger charge is 2.52. The molecule has 0 fully saturated rings. The zero-order chi connectivity index (χ0) is 17.5. The lowest BCUT2D eigenvalue weighted by atomic mass is 9.75. The summed E-state index contributed by atoms with van der Waals surface area (Å²) >= 11 is 0. The summed E-state index contributed by atoms with van der Waals surface area (Å²) in [6.45, 7) is 5.24. The van der Waals surface area contributed by atoms with E-state index in [4.69, 9.17) is 10.00 Å². The molecule has 2 unspecified atom stereocenters. The molecular formula is C17H18N4O3. The van der Waals surface area contributed by atoms with E-state index in [0.717, 1.165) is 0 Å². The number of rotatable bonds is 2. The molecule has 124 valence electrons. The molecule has 0 saturated carbocycles. The molecule has 0 saturated heterocycles. The molecule has 1 aliphatic rings. The highest BCUT2D eigenvalue weighted by Crippen LogP contribution is 2.47. The van der Waals surface area contributed by atoms with Crippen molar-refractivity contribution in [1.82, 2.24) is 9.97 Å². The van der Waals surface area contributed by atoms with Crippen LogP contribution in [0.25, 0.3) is 0 Å². The first-order valence-corrected chi connectivity index (χ1v) is 7.52. The number of H-pyrrole nitrogens is 1. The van der Waals surface area contributed by atoms with Crippen molar-refractivity contribution in [2.45, 2.75) is 38.0 Å². The minimum Gasteiger partial charge on any atom is -0.484 e. The molecule has 7 heteroatoms. The van der Waals surface area contributed by atoms with Crippen LogP contribution in [0.1, 0.15) is 37.9 Å². The molecule has 3 N–H and O–H groups in total. The molecule has 0 amide bonds. The van der Waals surface area contributed by atoms with Crippen molar-refractivity contribution in [3.8, 4) is 11.8 Å². The zero-order valence-electron chi connectivity index (χ0n) is 13.6. The topological polar surface area (TPSA) is 111 Å². The van der Waals surface area contributed by atoms with Gasteiger partial charge in [0.25, 0.3) is 0 Å². The number of nitrogens with one attached hydrogen (secondary N) is 2. The quantitative estimate of drug-likeness (QED) is 0.775. The second kappa shape index (κ2) is 5.35. The molecule has 1 aromatic heterocycles. The lowest BCUT2D eigenvalue weighted by Crippen LogP contribution is -2.60. The first-order valence-electron chi connectivity index (χ1n) is 7.52. The molecule has 7 nitrogen and oxygen atoms in total. The van der Waals surface area contributed by atoms with Crippen LogP contribution in [-0.2, 0) is 0 Å². The highest BCUT2D eigenvalue weighted by atomic mass is 16.5.